The SMILES string of the molecule is O=C(NS(=O)(=O)N1CCCC1)c1cnn2ccc(N3CCC[C@@H]3c3cc(F)ccc3F)cc12. The number of hydrogen-bond acceptors (Lipinski definition) is 5. The number of carbonyl (C=O) groups excluding carboxylic acids is 1. The molecule has 1 atom stereocenters. The summed E-state index contributed by atoms with van der Waals surface area (Å²) in [4.78, 5) is 14.8. The second-order valence-corrected chi connectivity index (χ2v) is 10.0. The number of pyridine rings is 1. The molecule has 4 heterocycles. The van der Waals surface area contributed by atoms with E-state index in [9.17, 15) is 22.0 Å². The zero-order chi connectivity index (χ0) is 23.2. The fourth-order valence-corrected chi connectivity index (χ4v) is 5.87. The summed E-state index contributed by atoms with van der Waals surface area (Å²) in [6.07, 6.45) is 5.96. The Morgan fingerprint density at radius 1 is 1.06 bits per heavy atom. The molecule has 2 saturated heterocycles. The highest BCUT2D eigenvalue weighted by Gasteiger charge is 2.31. The maximum Gasteiger partial charge on any atom is 0.304 e. The van der Waals surface area contributed by atoms with E-state index in [4.69, 9.17) is 0 Å². The third-order valence-electron chi connectivity index (χ3n) is 6.28. The molecule has 5 rings (SSSR count). The Morgan fingerprint density at radius 3 is 2.64 bits per heavy atom. The van der Waals surface area contributed by atoms with Gasteiger partial charge in [-0.05, 0) is 56.0 Å². The molecule has 174 valence electrons. The van der Waals surface area contributed by atoms with Gasteiger partial charge in [0.05, 0.1) is 23.3 Å². The monoisotopic (exact) mass is 475 g/mol. The number of rotatable bonds is 5. The molecule has 8 nitrogen and oxygen atoms in total. The molecule has 11 heteroatoms. The van der Waals surface area contributed by atoms with Crippen molar-refractivity contribution in [2.75, 3.05) is 24.5 Å². The topological polar surface area (TPSA) is 87.0 Å². The molecular formula is C22H23F2N5O3S. The van der Waals surface area contributed by atoms with E-state index >= 15 is 0 Å². The number of anilines is 1. The number of benzene rings is 1. The third kappa shape index (κ3) is 4.06. The summed E-state index contributed by atoms with van der Waals surface area (Å²) in [5, 5.41) is 4.16. The van der Waals surface area contributed by atoms with Crippen LogP contribution in [0.3, 0.4) is 0 Å². The molecule has 2 fully saturated rings. The van der Waals surface area contributed by atoms with Crippen LogP contribution < -0.4 is 9.62 Å². The zero-order valence-electron chi connectivity index (χ0n) is 17.7. The summed E-state index contributed by atoms with van der Waals surface area (Å²) in [5.41, 5.74) is 1.54. The average Bonchev–Trinajstić information content (AvgIpc) is 3.54. The summed E-state index contributed by atoms with van der Waals surface area (Å²) >= 11 is 0. The van der Waals surface area contributed by atoms with Crippen molar-refractivity contribution in [2.24, 2.45) is 0 Å². The molecule has 0 aliphatic carbocycles. The van der Waals surface area contributed by atoms with E-state index in [1.165, 1.54) is 21.1 Å². The van der Waals surface area contributed by atoms with Gasteiger partial charge in [0.1, 0.15) is 11.6 Å². The molecule has 0 radical (unpaired) electrons. The number of nitrogens with one attached hydrogen (secondary N) is 1. The Bertz CT molecular complexity index is 1320. The molecular weight excluding hydrogens is 452 g/mol. The standard InChI is InChI=1S/C22H23F2N5O3S/c23-15-5-6-19(24)17(12-15)20-4-3-10-28(20)16-7-11-29-21(13-16)18(14-25-29)22(30)26-33(31,32)27-8-1-2-9-27/h5-7,11-14,20H,1-4,8-10H2,(H,26,30)/t20-/m1/s1. The van der Waals surface area contributed by atoms with Crippen LogP contribution in [-0.4, -0.2) is 47.9 Å². The van der Waals surface area contributed by atoms with Crippen LogP contribution in [0.2, 0.25) is 0 Å². The van der Waals surface area contributed by atoms with Crippen molar-refractivity contribution in [3.63, 3.8) is 0 Å². The number of halogens is 2. The van der Waals surface area contributed by atoms with E-state index in [1.54, 1.807) is 18.3 Å². The fraction of sp³-hybridized carbons (Fsp3) is 0.364. The van der Waals surface area contributed by atoms with E-state index in [1.807, 2.05) is 4.90 Å². The maximum absolute atomic E-state index is 14.4. The smallest absolute Gasteiger partial charge is 0.304 e. The van der Waals surface area contributed by atoms with Crippen molar-refractivity contribution in [1.29, 1.82) is 0 Å². The minimum atomic E-state index is -3.92. The second-order valence-electron chi connectivity index (χ2n) is 8.33. The first-order valence-corrected chi connectivity index (χ1v) is 12.3. The van der Waals surface area contributed by atoms with Gasteiger partial charge in [-0.3, -0.25) is 4.79 Å². The molecule has 2 aromatic heterocycles. The lowest BCUT2D eigenvalue weighted by Gasteiger charge is -2.27. The molecule has 0 saturated carbocycles. The number of amides is 1. The van der Waals surface area contributed by atoms with Gasteiger partial charge < -0.3 is 4.90 Å². The second kappa shape index (κ2) is 8.38. The Balaban J connectivity index is 1.45. The predicted octanol–water partition coefficient (Wildman–Crippen LogP) is 3.02. The van der Waals surface area contributed by atoms with Gasteiger partial charge in [0.25, 0.3) is 5.91 Å². The highest BCUT2D eigenvalue weighted by Crippen LogP contribution is 2.38. The van der Waals surface area contributed by atoms with Crippen LogP contribution in [0, 0.1) is 11.6 Å². The average molecular weight is 476 g/mol. The quantitative estimate of drug-likeness (QED) is 0.613. The molecule has 3 aromatic rings. The highest BCUT2D eigenvalue weighted by molar-refractivity contribution is 7.87. The number of fused-ring (bicyclic) bond motifs is 1. The summed E-state index contributed by atoms with van der Waals surface area (Å²) in [6, 6.07) is 6.61. The van der Waals surface area contributed by atoms with Gasteiger partial charge in [-0.2, -0.15) is 17.8 Å². The third-order valence-corrected chi connectivity index (χ3v) is 7.77. The van der Waals surface area contributed by atoms with Crippen molar-refractivity contribution in [2.45, 2.75) is 31.7 Å². The van der Waals surface area contributed by atoms with Crippen LogP contribution in [0.4, 0.5) is 14.5 Å². The number of hydrogen-bond donors (Lipinski definition) is 1. The maximum atomic E-state index is 14.4. The highest BCUT2D eigenvalue weighted by atomic mass is 32.2. The van der Waals surface area contributed by atoms with Gasteiger partial charge >= 0.3 is 10.2 Å². The largest absolute Gasteiger partial charge is 0.364 e. The lowest BCUT2D eigenvalue weighted by Crippen LogP contribution is -2.42. The van der Waals surface area contributed by atoms with Gasteiger partial charge in [0.15, 0.2) is 0 Å². The minimum absolute atomic E-state index is 0.118. The van der Waals surface area contributed by atoms with Crippen LogP contribution in [0.1, 0.15) is 47.6 Å². The van der Waals surface area contributed by atoms with Gasteiger partial charge in [-0.25, -0.2) is 18.0 Å². The van der Waals surface area contributed by atoms with Gasteiger partial charge in [0.2, 0.25) is 0 Å². The number of nitrogens with zero attached hydrogens (tertiary/aromatic N) is 4. The van der Waals surface area contributed by atoms with Crippen LogP contribution >= 0.6 is 0 Å². The lowest BCUT2D eigenvalue weighted by atomic mass is 10.0. The normalized spacial score (nSPS) is 19.5. The van der Waals surface area contributed by atoms with Crippen LogP contribution in [0.5, 0.6) is 0 Å². The Hall–Kier alpha value is -3.05. The summed E-state index contributed by atoms with van der Waals surface area (Å²) in [7, 11) is -3.92. The minimum Gasteiger partial charge on any atom is -0.364 e. The lowest BCUT2D eigenvalue weighted by molar-refractivity contribution is 0.0981. The molecule has 0 unspecified atom stereocenters. The first-order chi connectivity index (χ1) is 15.8. The molecule has 33 heavy (non-hydrogen) atoms. The van der Waals surface area contributed by atoms with Crippen molar-refractivity contribution in [3.05, 3.63) is 65.5 Å². The van der Waals surface area contributed by atoms with Gasteiger partial charge in [-0.1, -0.05) is 0 Å². The number of aromatic nitrogens is 2. The van der Waals surface area contributed by atoms with Crippen molar-refractivity contribution >= 4 is 27.3 Å². The molecule has 0 spiro atoms. The summed E-state index contributed by atoms with van der Waals surface area (Å²) in [6.45, 7) is 1.40. The van der Waals surface area contributed by atoms with Gasteiger partial charge in [-0.15, -0.1) is 0 Å². The summed E-state index contributed by atoms with van der Waals surface area (Å²) in [5.74, 6) is -1.73. The molecule has 1 amide bonds. The predicted molar refractivity (Wildman–Crippen MR) is 118 cm³/mol. The van der Waals surface area contributed by atoms with Crippen molar-refractivity contribution in [3.8, 4) is 0 Å². The van der Waals surface area contributed by atoms with E-state index < -0.39 is 27.8 Å². The Kier molecular flexibility index (Phi) is 5.53. The first-order valence-electron chi connectivity index (χ1n) is 10.8. The van der Waals surface area contributed by atoms with Gasteiger partial charge in [0, 0.05) is 37.1 Å². The van der Waals surface area contributed by atoms with Crippen molar-refractivity contribution < 1.29 is 22.0 Å². The van der Waals surface area contributed by atoms with Crippen LogP contribution in [-0.2, 0) is 10.2 Å². The fourth-order valence-electron chi connectivity index (χ4n) is 4.66. The zero-order valence-corrected chi connectivity index (χ0v) is 18.6. The van der Waals surface area contributed by atoms with Crippen molar-refractivity contribution in [1.82, 2.24) is 18.6 Å². The molecule has 2 aliphatic rings. The molecule has 1 N–H and O–H groups in total. The molecule has 2 aliphatic heterocycles. The van der Waals surface area contributed by atoms with E-state index in [0.29, 0.717) is 37.3 Å². The van der Waals surface area contributed by atoms with E-state index in [0.717, 1.165) is 31.4 Å². The summed E-state index contributed by atoms with van der Waals surface area (Å²) < 4.78 is 58.1. The number of carbonyl (C=O) groups is 1. The van der Waals surface area contributed by atoms with E-state index in [2.05, 4.69) is 9.82 Å². The first kappa shape index (κ1) is 21.8. The molecule has 1 aromatic carbocycles. The van der Waals surface area contributed by atoms with E-state index in [-0.39, 0.29) is 17.2 Å². The Labute approximate surface area is 190 Å². The molecule has 0 bridgehead atoms. The van der Waals surface area contributed by atoms with Crippen LogP contribution in [0.15, 0.2) is 42.7 Å². The van der Waals surface area contributed by atoms with Crippen LogP contribution in [0.25, 0.3) is 5.52 Å². The Morgan fingerprint density at radius 2 is 1.85 bits per heavy atom.